The maximum atomic E-state index is 9.55. The van der Waals surface area contributed by atoms with Gasteiger partial charge in [-0.15, -0.1) is 0 Å². The summed E-state index contributed by atoms with van der Waals surface area (Å²) in [6.45, 7) is 4.73. The summed E-state index contributed by atoms with van der Waals surface area (Å²) in [5, 5.41) is 18.4. The smallest absolute Gasteiger partial charge is 0.0991 e. The van der Waals surface area contributed by atoms with Crippen LogP contribution < -0.4 is 0 Å². The summed E-state index contributed by atoms with van der Waals surface area (Å²) in [6.07, 6.45) is 0.848. The van der Waals surface area contributed by atoms with Gasteiger partial charge in [0.05, 0.1) is 17.7 Å². The zero-order chi connectivity index (χ0) is 12.3. The van der Waals surface area contributed by atoms with Crippen LogP contribution in [0, 0.1) is 17.2 Å². The van der Waals surface area contributed by atoms with Crippen LogP contribution in [-0.2, 0) is 6.54 Å². The maximum Gasteiger partial charge on any atom is 0.0991 e. The SMILES string of the molecule is CC(O)C1CCN(Cc2cccc(C#N)c2)C1. The summed E-state index contributed by atoms with van der Waals surface area (Å²) in [5.74, 6) is 0.397. The van der Waals surface area contributed by atoms with E-state index in [1.807, 2.05) is 25.1 Å². The highest BCUT2D eigenvalue weighted by molar-refractivity contribution is 5.32. The van der Waals surface area contributed by atoms with E-state index in [1.54, 1.807) is 0 Å². The third-order valence-electron chi connectivity index (χ3n) is 3.45. The molecular formula is C14H18N2O. The number of hydrogen-bond donors (Lipinski definition) is 1. The molecule has 90 valence electrons. The second kappa shape index (κ2) is 5.31. The van der Waals surface area contributed by atoms with Gasteiger partial charge in [-0.05, 0) is 43.5 Å². The third-order valence-corrected chi connectivity index (χ3v) is 3.45. The van der Waals surface area contributed by atoms with Crippen molar-refractivity contribution in [2.24, 2.45) is 5.92 Å². The van der Waals surface area contributed by atoms with E-state index in [2.05, 4.69) is 17.0 Å². The minimum atomic E-state index is -0.217. The average Bonchev–Trinajstić information content (AvgIpc) is 2.78. The lowest BCUT2D eigenvalue weighted by Gasteiger charge is -2.17. The predicted molar refractivity (Wildman–Crippen MR) is 66.2 cm³/mol. The van der Waals surface area contributed by atoms with Gasteiger partial charge < -0.3 is 5.11 Å². The number of hydrogen-bond acceptors (Lipinski definition) is 3. The standard InChI is InChI=1S/C14H18N2O/c1-11(17)14-5-6-16(10-14)9-13-4-2-3-12(7-13)8-15/h2-4,7,11,14,17H,5-6,9-10H2,1H3. The van der Waals surface area contributed by atoms with Gasteiger partial charge >= 0.3 is 0 Å². The van der Waals surface area contributed by atoms with E-state index >= 15 is 0 Å². The molecule has 3 nitrogen and oxygen atoms in total. The van der Waals surface area contributed by atoms with Gasteiger partial charge in [-0.2, -0.15) is 5.26 Å². The van der Waals surface area contributed by atoms with Crippen molar-refractivity contribution in [3.8, 4) is 6.07 Å². The molecule has 1 heterocycles. The molecule has 1 aromatic rings. The third kappa shape index (κ3) is 3.06. The fraction of sp³-hybridized carbons (Fsp3) is 0.500. The molecule has 2 atom stereocenters. The van der Waals surface area contributed by atoms with Gasteiger partial charge in [0.1, 0.15) is 0 Å². The monoisotopic (exact) mass is 230 g/mol. The van der Waals surface area contributed by atoms with Crippen molar-refractivity contribution in [1.29, 1.82) is 5.26 Å². The van der Waals surface area contributed by atoms with Crippen molar-refractivity contribution in [1.82, 2.24) is 4.90 Å². The molecule has 0 spiro atoms. The Balaban J connectivity index is 1.96. The topological polar surface area (TPSA) is 47.3 Å². The first-order valence-electron chi connectivity index (χ1n) is 6.08. The predicted octanol–water partition coefficient (Wildman–Crippen LogP) is 1.76. The molecule has 1 fully saturated rings. The number of rotatable bonds is 3. The highest BCUT2D eigenvalue weighted by Gasteiger charge is 2.25. The molecule has 3 heteroatoms. The molecule has 0 aromatic heterocycles. The van der Waals surface area contributed by atoms with Crippen molar-refractivity contribution in [3.05, 3.63) is 35.4 Å². The maximum absolute atomic E-state index is 9.55. The second-order valence-electron chi connectivity index (χ2n) is 4.84. The Morgan fingerprint density at radius 3 is 3.06 bits per heavy atom. The molecule has 1 aliphatic rings. The number of aliphatic hydroxyl groups excluding tert-OH is 1. The largest absolute Gasteiger partial charge is 0.393 e. The molecule has 0 radical (unpaired) electrons. The lowest BCUT2D eigenvalue weighted by atomic mass is 10.0. The fourth-order valence-corrected chi connectivity index (χ4v) is 2.40. The minimum absolute atomic E-state index is 0.217. The molecule has 0 saturated carbocycles. The molecule has 1 aliphatic heterocycles. The number of benzene rings is 1. The van der Waals surface area contributed by atoms with Crippen molar-refractivity contribution in [3.63, 3.8) is 0 Å². The Hall–Kier alpha value is -1.37. The Labute approximate surface area is 102 Å². The van der Waals surface area contributed by atoms with Gasteiger partial charge in [0.25, 0.3) is 0 Å². The number of likely N-dealkylation sites (tertiary alicyclic amines) is 1. The van der Waals surface area contributed by atoms with E-state index in [-0.39, 0.29) is 6.10 Å². The van der Waals surface area contributed by atoms with Crippen LogP contribution in [0.2, 0.25) is 0 Å². The summed E-state index contributed by atoms with van der Waals surface area (Å²) >= 11 is 0. The zero-order valence-electron chi connectivity index (χ0n) is 10.1. The summed E-state index contributed by atoms with van der Waals surface area (Å²) in [5.41, 5.74) is 1.89. The van der Waals surface area contributed by atoms with E-state index in [0.29, 0.717) is 11.5 Å². The molecule has 0 aliphatic carbocycles. The summed E-state index contributed by atoms with van der Waals surface area (Å²) in [6, 6.07) is 9.91. The molecule has 0 bridgehead atoms. The first-order chi connectivity index (χ1) is 8.19. The Bertz CT molecular complexity index is 422. The van der Waals surface area contributed by atoms with Gasteiger partial charge in [0.15, 0.2) is 0 Å². The van der Waals surface area contributed by atoms with Crippen LogP contribution >= 0.6 is 0 Å². The Morgan fingerprint density at radius 1 is 1.59 bits per heavy atom. The Morgan fingerprint density at radius 2 is 2.41 bits per heavy atom. The number of aliphatic hydroxyl groups is 1. The normalized spacial score (nSPS) is 22.3. The highest BCUT2D eigenvalue weighted by atomic mass is 16.3. The van der Waals surface area contributed by atoms with Crippen LogP contribution in [0.15, 0.2) is 24.3 Å². The van der Waals surface area contributed by atoms with E-state index < -0.39 is 0 Å². The van der Waals surface area contributed by atoms with Crippen molar-refractivity contribution in [2.75, 3.05) is 13.1 Å². The van der Waals surface area contributed by atoms with E-state index in [1.165, 1.54) is 5.56 Å². The fourth-order valence-electron chi connectivity index (χ4n) is 2.40. The summed E-state index contributed by atoms with van der Waals surface area (Å²) in [7, 11) is 0. The summed E-state index contributed by atoms with van der Waals surface area (Å²) < 4.78 is 0. The van der Waals surface area contributed by atoms with Crippen molar-refractivity contribution < 1.29 is 5.11 Å². The van der Waals surface area contributed by atoms with Gasteiger partial charge in [-0.1, -0.05) is 12.1 Å². The minimum Gasteiger partial charge on any atom is -0.393 e. The van der Waals surface area contributed by atoms with Gasteiger partial charge in [-0.25, -0.2) is 0 Å². The zero-order valence-corrected chi connectivity index (χ0v) is 10.1. The summed E-state index contributed by atoms with van der Waals surface area (Å²) in [4.78, 5) is 2.34. The van der Waals surface area contributed by atoms with Gasteiger partial charge in [-0.3, -0.25) is 4.90 Å². The first-order valence-corrected chi connectivity index (χ1v) is 6.08. The Kier molecular flexibility index (Phi) is 3.78. The van der Waals surface area contributed by atoms with Gasteiger partial charge in [0.2, 0.25) is 0 Å². The van der Waals surface area contributed by atoms with Crippen LogP contribution in [-0.4, -0.2) is 29.2 Å². The first kappa shape index (κ1) is 12.1. The van der Waals surface area contributed by atoms with E-state index in [4.69, 9.17) is 5.26 Å². The average molecular weight is 230 g/mol. The second-order valence-corrected chi connectivity index (χ2v) is 4.84. The molecule has 1 aromatic carbocycles. The molecular weight excluding hydrogens is 212 g/mol. The van der Waals surface area contributed by atoms with E-state index in [0.717, 1.165) is 26.1 Å². The van der Waals surface area contributed by atoms with Crippen molar-refractivity contribution >= 4 is 0 Å². The molecule has 17 heavy (non-hydrogen) atoms. The molecule has 1 N–H and O–H groups in total. The van der Waals surface area contributed by atoms with Crippen LogP contribution in [0.3, 0.4) is 0 Å². The molecule has 2 rings (SSSR count). The lowest BCUT2D eigenvalue weighted by Crippen LogP contribution is -2.23. The molecule has 0 amide bonds. The quantitative estimate of drug-likeness (QED) is 0.860. The van der Waals surface area contributed by atoms with E-state index in [9.17, 15) is 5.11 Å². The van der Waals surface area contributed by atoms with Crippen molar-refractivity contribution in [2.45, 2.75) is 26.0 Å². The van der Waals surface area contributed by atoms with Crippen LogP contribution in [0.4, 0.5) is 0 Å². The number of nitrogens with zero attached hydrogens (tertiary/aromatic N) is 2. The lowest BCUT2D eigenvalue weighted by molar-refractivity contribution is 0.127. The highest BCUT2D eigenvalue weighted by Crippen LogP contribution is 2.21. The van der Waals surface area contributed by atoms with Crippen LogP contribution in [0.25, 0.3) is 0 Å². The number of nitriles is 1. The van der Waals surface area contributed by atoms with Crippen LogP contribution in [0.1, 0.15) is 24.5 Å². The molecule has 2 unspecified atom stereocenters. The van der Waals surface area contributed by atoms with Gasteiger partial charge in [0, 0.05) is 13.1 Å². The molecule has 1 saturated heterocycles. The van der Waals surface area contributed by atoms with Crippen LogP contribution in [0.5, 0.6) is 0 Å².